The molecule has 0 saturated heterocycles. The molecule has 0 aliphatic heterocycles. The van der Waals surface area contributed by atoms with Crippen LogP contribution in [0.3, 0.4) is 0 Å². The van der Waals surface area contributed by atoms with E-state index in [1.54, 1.807) is 12.1 Å². The van der Waals surface area contributed by atoms with Gasteiger partial charge in [0.15, 0.2) is 0 Å². The topological polar surface area (TPSA) is 88.5 Å². The van der Waals surface area contributed by atoms with E-state index >= 15 is 0 Å². The van der Waals surface area contributed by atoms with Crippen molar-refractivity contribution in [2.45, 2.75) is 33.2 Å². The van der Waals surface area contributed by atoms with Crippen LogP contribution in [0.5, 0.6) is 0 Å². The van der Waals surface area contributed by atoms with Crippen molar-refractivity contribution in [2.75, 3.05) is 6.61 Å². The van der Waals surface area contributed by atoms with Gasteiger partial charge in [-0.15, -0.1) is 0 Å². The van der Waals surface area contributed by atoms with E-state index in [0.717, 1.165) is 17.0 Å². The zero-order chi connectivity index (χ0) is 15.4. The Morgan fingerprint density at radius 2 is 2.24 bits per heavy atom. The second-order valence-electron chi connectivity index (χ2n) is 5.17. The predicted octanol–water partition coefficient (Wildman–Crippen LogP) is 1.91. The van der Waals surface area contributed by atoms with Gasteiger partial charge in [0.25, 0.3) is 0 Å². The number of furan rings is 1. The normalized spacial score (nSPS) is 13.9. The Morgan fingerprint density at radius 3 is 2.76 bits per heavy atom. The minimum Gasteiger partial charge on any atom is -0.467 e. The number of hydrogen-bond donors (Lipinski definition) is 2. The fraction of sp³-hybridized carbons (Fsp3) is 0.467. The number of rotatable bonds is 6. The third kappa shape index (κ3) is 3.52. The molecule has 2 N–H and O–H groups in total. The van der Waals surface area contributed by atoms with Crippen molar-refractivity contribution in [1.82, 2.24) is 10.5 Å². The molecular formula is C15H20N2O4. The average molecular weight is 292 g/mol. The molecule has 2 unspecified atom stereocenters. The molecule has 0 fully saturated rings. The Kier molecular flexibility index (Phi) is 4.80. The number of hydrogen-bond acceptors (Lipinski definition) is 5. The lowest BCUT2D eigenvalue weighted by atomic mass is 9.98. The Labute approximate surface area is 123 Å². The molecule has 0 radical (unpaired) electrons. The molecule has 0 saturated carbocycles. The van der Waals surface area contributed by atoms with Crippen LogP contribution >= 0.6 is 0 Å². The first-order valence-electron chi connectivity index (χ1n) is 6.89. The van der Waals surface area contributed by atoms with E-state index in [-0.39, 0.29) is 18.4 Å². The summed E-state index contributed by atoms with van der Waals surface area (Å²) in [5, 5.41) is 16.0. The van der Waals surface area contributed by atoms with Crippen molar-refractivity contribution < 1.29 is 18.8 Å². The van der Waals surface area contributed by atoms with Crippen LogP contribution in [0.15, 0.2) is 27.3 Å². The Balaban J connectivity index is 1.99. The predicted molar refractivity (Wildman–Crippen MR) is 75.5 cm³/mol. The molecule has 2 rings (SSSR count). The van der Waals surface area contributed by atoms with E-state index in [9.17, 15) is 9.90 Å². The van der Waals surface area contributed by atoms with Crippen molar-refractivity contribution in [3.63, 3.8) is 0 Å². The van der Waals surface area contributed by atoms with Gasteiger partial charge in [-0.2, -0.15) is 0 Å². The maximum absolute atomic E-state index is 12.2. The summed E-state index contributed by atoms with van der Waals surface area (Å²) in [5.41, 5.74) is 1.76. The Bertz CT molecular complexity index is 569. The van der Waals surface area contributed by atoms with E-state index in [0.29, 0.717) is 12.2 Å². The van der Waals surface area contributed by atoms with Crippen LogP contribution in [-0.2, 0) is 11.2 Å². The third-order valence-corrected chi connectivity index (χ3v) is 3.52. The van der Waals surface area contributed by atoms with Gasteiger partial charge in [-0.3, -0.25) is 4.79 Å². The molecule has 2 aromatic heterocycles. The van der Waals surface area contributed by atoms with Crippen molar-refractivity contribution in [1.29, 1.82) is 0 Å². The smallest absolute Gasteiger partial charge is 0.223 e. The van der Waals surface area contributed by atoms with Gasteiger partial charge in [-0.05, 0) is 32.4 Å². The van der Waals surface area contributed by atoms with Crippen molar-refractivity contribution in [2.24, 2.45) is 5.92 Å². The number of aliphatic hydroxyl groups excluding tert-OH is 1. The zero-order valence-electron chi connectivity index (χ0n) is 12.4. The highest BCUT2D eigenvalue weighted by Gasteiger charge is 2.22. The molecule has 6 nitrogen and oxygen atoms in total. The highest BCUT2D eigenvalue weighted by atomic mass is 16.5. The molecule has 2 aromatic rings. The number of aryl methyl sites for hydroxylation is 2. The second kappa shape index (κ2) is 6.58. The van der Waals surface area contributed by atoms with Gasteiger partial charge in [0.1, 0.15) is 17.6 Å². The van der Waals surface area contributed by atoms with Gasteiger partial charge in [-0.1, -0.05) is 12.1 Å². The maximum atomic E-state index is 12.2. The number of nitrogens with one attached hydrogen (secondary N) is 1. The number of aromatic nitrogens is 1. The molecule has 0 aliphatic rings. The summed E-state index contributed by atoms with van der Waals surface area (Å²) >= 11 is 0. The minimum atomic E-state index is -0.528. The first kappa shape index (κ1) is 15.3. The van der Waals surface area contributed by atoms with Crippen LogP contribution in [0.4, 0.5) is 0 Å². The molecule has 0 bridgehead atoms. The van der Waals surface area contributed by atoms with E-state index in [4.69, 9.17) is 8.94 Å². The van der Waals surface area contributed by atoms with Gasteiger partial charge in [0.2, 0.25) is 5.91 Å². The molecule has 2 heterocycles. The Morgan fingerprint density at radius 1 is 1.48 bits per heavy atom. The summed E-state index contributed by atoms with van der Waals surface area (Å²) in [7, 11) is 0. The van der Waals surface area contributed by atoms with Crippen LogP contribution in [0.2, 0.25) is 0 Å². The average Bonchev–Trinajstić information content (AvgIpc) is 3.09. The van der Waals surface area contributed by atoms with Crippen LogP contribution in [0, 0.1) is 19.8 Å². The third-order valence-electron chi connectivity index (χ3n) is 3.52. The molecule has 1 amide bonds. The SMILES string of the molecule is Cc1noc(C)c1CC(C)C(=O)NC(CO)c1ccco1. The summed E-state index contributed by atoms with van der Waals surface area (Å²) < 4.78 is 10.3. The van der Waals surface area contributed by atoms with Gasteiger partial charge >= 0.3 is 0 Å². The van der Waals surface area contributed by atoms with Gasteiger partial charge < -0.3 is 19.4 Å². The van der Waals surface area contributed by atoms with E-state index in [1.807, 2.05) is 20.8 Å². The number of carbonyl (C=O) groups excluding carboxylic acids is 1. The Hall–Kier alpha value is -2.08. The molecule has 21 heavy (non-hydrogen) atoms. The molecule has 6 heteroatoms. The lowest BCUT2D eigenvalue weighted by molar-refractivity contribution is -0.125. The zero-order valence-corrected chi connectivity index (χ0v) is 12.4. The van der Waals surface area contributed by atoms with Crippen molar-refractivity contribution >= 4 is 5.91 Å². The fourth-order valence-corrected chi connectivity index (χ4v) is 2.20. The maximum Gasteiger partial charge on any atom is 0.223 e. The summed E-state index contributed by atoms with van der Waals surface area (Å²) in [5.74, 6) is 0.864. The molecule has 0 aromatic carbocycles. The molecular weight excluding hydrogens is 272 g/mol. The summed E-state index contributed by atoms with van der Waals surface area (Å²) in [6.45, 7) is 5.31. The van der Waals surface area contributed by atoms with Gasteiger partial charge in [0.05, 0.1) is 18.6 Å². The van der Waals surface area contributed by atoms with Crippen LogP contribution in [0.25, 0.3) is 0 Å². The minimum absolute atomic E-state index is 0.148. The standard InChI is InChI=1S/C15H20N2O4/c1-9(7-12-10(2)17-21-11(12)3)15(19)16-13(8-18)14-5-4-6-20-14/h4-6,9,13,18H,7-8H2,1-3H3,(H,16,19). The first-order valence-corrected chi connectivity index (χ1v) is 6.89. The number of carbonyl (C=O) groups is 1. The lowest BCUT2D eigenvalue weighted by Gasteiger charge is -2.17. The van der Waals surface area contributed by atoms with Gasteiger partial charge in [0, 0.05) is 11.5 Å². The molecule has 2 atom stereocenters. The number of nitrogens with zero attached hydrogens (tertiary/aromatic N) is 1. The molecule has 0 aliphatic carbocycles. The quantitative estimate of drug-likeness (QED) is 0.849. The highest BCUT2D eigenvalue weighted by molar-refractivity contribution is 5.79. The highest BCUT2D eigenvalue weighted by Crippen LogP contribution is 2.19. The van der Waals surface area contributed by atoms with E-state index < -0.39 is 6.04 Å². The summed E-state index contributed by atoms with van der Waals surface area (Å²) in [4.78, 5) is 12.2. The first-order chi connectivity index (χ1) is 10.0. The van der Waals surface area contributed by atoms with E-state index in [2.05, 4.69) is 10.5 Å². The molecule has 114 valence electrons. The van der Waals surface area contributed by atoms with Crippen LogP contribution in [0.1, 0.15) is 35.7 Å². The van der Waals surface area contributed by atoms with Gasteiger partial charge in [-0.25, -0.2) is 0 Å². The van der Waals surface area contributed by atoms with Crippen molar-refractivity contribution in [3.8, 4) is 0 Å². The summed E-state index contributed by atoms with van der Waals surface area (Å²) in [6, 6.07) is 2.91. The van der Waals surface area contributed by atoms with Crippen LogP contribution in [-0.4, -0.2) is 22.8 Å². The van der Waals surface area contributed by atoms with E-state index in [1.165, 1.54) is 6.26 Å². The second-order valence-corrected chi connectivity index (χ2v) is 5.17. The van der Waals surface area contributed by atoms with Crippen LogP contribution < -0.4 is 5.32 Å². The number of amides is 1. The molecule has 0 spiro atoms. The summed E-state index contributed by atoms with van der Waals surface area (Å²) in [6.07, 6.45) is 2.06. The largest absolute Gasteiger partial charge is 0.467 e. The monoisotopic (exact) mass is 292 g/mol. The van der Waals surface area contributed by atoms with Crippen molar-refractivity contribution in [3.05, 3.63) is 41.2 Å². The number of aliphatic hydroxyl groups is 1. The fourth-order valence-electron chi connectivity index (χ4n) is 2.20. The lowest BCUT2D eigenvalue weighted by Crippen LogP contribution is -2.35.